The van der Waals surface area contributed by atoms with E-state index in [0.29, 0.717) is 0 Å². The van der Waals surface area contributed by atoms with Crippen LogP contribution < -0.4 is 0 Å². The van der Waals surface area contributed by atoms with Crippen molar-refractivity contribution in [2.45, 2.75) is 17.2 Å². The number of nitrogens with zero attached hydrogens (tertiary/aromatic N) is 2. The molecule has 24 heavy (non-hydrogen) atoms. The van der Waals surface area contributed by atoms with Crippen molar-refractivity contribution in [1.82, 2.24) is 9.88 Å². The first-order chi connectivity index (χ1) is 11.6. The molecule has 0 fully saturated rings. The van der Waals surface area contributed by atoms with Gasteiger partial charge in [0, 0.05) is 19.5 Å². The first-order valence-corrected chi connectivity index (χ1v) is 8.73. The number of thioether (sulfide) groups is 1. The molecule has 0 radical (unpaired) electrons. The molecule has 0 aliphatic carbocycles. The van der Waals surface area contributed by atoms with E-state index in [0.717, 1.165) is 21.5 Å². The maximum atomic E-state index is 12.7. The average Bonchev–Trinajstić information content (AvgIpc) is 2.60. The van der Waals surface area contributed by atoms with Crippen LogP contribution in [-0.2, 0) is 4.79 Å². The fourth-order valence-corrected chi connectivity index (χ4v) is 3.87. The van der Waals surface area contributed by atoms with Crippen LogP contribution >= 0.6 is 11.8 Å². The predicted octanol–water partition coefficient (Wildman–Crippen LogP) is 4.46. The second-order valence-corrected chi connectivity index (χ2v) is 7.06. The number of carbonyl (C=O) groups is 1. The van der Waals surface area contributed by atoms with Gasteiger partial charge in [0.05, 0.1) is 10.5 Å². The highest BCUT2D eigenvalue weighted by Crippen LogP contribution is 2.36. The van der Waals surface area contributed by atoms with Gasteiger partial charge in [0.15, 0.2) is 0 Å². The molecule has 4 heteroatoms. The summed E-state index contributed by atoms with van der Waals surface area (Å²) in [6.07, 6.45) is 0. The summed E-state index contributed by atoms with van der Waals surface area (Å²) >= 11 is 1.50. The zero-order chi connectivity index (χ0) is 17.1. The summed E-state index contributed by atoms with van der Waals surface area (Å²) in [6, 6.07) is 20.0. The molecule has 0 bridgehead atoms. The van der Waals surface area contributed by atoms with Crippen molar-refractivity contribution in [2.75, 3.05) is 14.1 Å². The molecule has 3 aromatic rings. The Morgan fingerprint density at radius 1 is 1.04 bits per heavy atom. The van der Waals surface area contributed by atoms with Gasteiger partial charge in [0.1, 0.15) is 5.25 Å². The third-order valence-electron chi connectivity index (χ3n) is 3.91. The Hall–Kier alpha value is -2.33. The third kappa shape index (κ3) is 3.44. The quantitative estimate of drug-likeness (QED) is 0.659. The van der Waals surface area contributed by atoms with Gasteiger partial charge < -0.3 is 4.90 Å². The van der Waals surface area contributed by atoms with Gasteiger partial charge in [0.2, 0.25) is 5.91 Å². The molecule has 0 spiro atoms. The van der Waals surface area contributed by atoms with E-state index in [4.69, 9.17) is 4.98 Å². The molecule has 0 aliphatic heterocycles. The van der Waals surface area contributed by atoms with Gasteiger partial charge >= 0.3 is 0 Å². The predicted molar refractivity (Wildman–Crippen MR) is 100 cm³/mol. The Balaban J connectivity index is 2.00. The number of hydrogen-bond acceptors (Lipinski definition) is 3. The van der Waals surface area contributed by atoms with E-state index in [-0.39, 0.29) is 11.2 Å². The number of likely N-dealkylation sites (N-methyl/N-ethyl adjacent to an activating group) is 1. The highest BCUT2D eigenvalue weighted by Gasteiger charge is 2.24. The lowest BCUT2D eigenvalue weighted by atomic mass is 10.1. The smallest absolute Gasteiger partial charge is 0.240 e. The van der Waals surface area contributed by atoms with Crippen LogP contribution in [-0.4, -0.2) is 29.9 Å². The van der Waals surface area contributed by atoms with Gasteiger partial charge in [-0.1, -0.05) is 60.3 Å². The number of carbonyl (C=O) groups excluding carboxylic acids is 1. The maximum Gasteiger partial charge on any atom is 0.240 e. The van der Waals surface area contributed by atoms with Crippen LogP contribution in [0.2, 0.25) is 0 Å². The lowest BCUT2D eigenvalue weighted by molar-refractivity contribution is -0.128. The fourth-order valence-electron chi connectivity index (χ4n) is 2.62. The summed E-state index contributed by atoms with van der Waals surface area (Å²) in [7, 11) is 3.58. The molecule has 2 aromatic carbocycles. The van der Waals surface area contributed by atoms with Crippen LogP contribution in [0.15, 0.2) is 65.7 Å². The molecular formula is C20H20N2OS. The van der Waals surface area contributed by atoms with Crippen molar-refractivity contribution in [1.29, 1.82) is 0 Å². The third-order valence-corrected chi connectivity index (χ3v) is 5.07. The summed E-state index contributed by atoms with van der Waals surface area (Å²) in [5, 5.41) is 1.72. The normalized spacial score (nSPS) is 12.1. The van der Waals surface area contributed by atoms with Gasteiger partial charge in [-0.3, -0.25) is 4.79 Å². The molecule has 3 nitrogen and oxygen atoms in total. The summed E-state index contributed by atoms with van der Waals surface area (Å²) in [4.78, 5) is 19.0. The zero-order valence-electron chi connectivity index (χ0n) is 14.1. The number of rotatable bonds is 4. The van der Waals surface area contributed by atoms with E-state index in [1.54, 1.807) is 19.0 Å². The number of para-hydroxylation sites is 1. The minimum atomic E-state index is -0.297. The topological polar surface area (TPSA) is 33.2 Å². The molecule has 1 heterocycles. The largest absolute Gasteiger partial charge is 0.348 e. The molecule has 1 amide bonds. The molecule has 0 saturated carbocycles. The minimum Gasteiger partial charge on any atom is -0.348 e. The number of aryl methyl sites for hydroxylation is 1. The van der Waals surface area contributed by atoms with E-state index in [9.17, 15) is 4.79 Å². The molecule has 1 atom stereocenters. The Labute approximate surface area is 146 Å². The van der Waals surface area contributed by atoms with Gasteiger partial charge in [-0.2, -0.15) is 0 Å². The zero-order valence-corrected chi connectivity index (χ0v) is 14.9. The first-order valence-electron chi connectivity index (χ1n) is 7.85. The van der Waals surface area contributed by atoms with Crippen molar-refractivity contribution in [2.24, 2.45) is 0 Å². The molecule has 1 unspecified atom stereocenters. The van der Waals surface area contributed by atoms with Gasteiger partial charge in [-0.25, -0.2) is 4.98 Å². The minimum absolute atomic E-state index is 0.0683. The van der Waals surface area contributed by atoms with Crippen molar-refractivity contribution >= 4 is 28.6 Å². The number of aromatic nitrogens is 1. The highest BCUT2D eigenvalue weighted by molar-refractivity contribution is 8.00. The van der Waals surface area contributed by atoms with Crippen molar-refractivity contribution in [3.8, 4) is 0 Å². The Kier molecular flexibility index (Phi) is 4.86. The fraction of sp³-hybridized carbons (Fsp3) is 0.200. The Morgan fingerprint density at radius 2 is 1.71 bits per heavy atom. The number of pyridine rings is 1. The second-order valence-electron chi connectivity index (χ2n) is 5.94. The Bertz CT molecular complexity index is 862. The first kappa shape index (κ1) is 16.5. The molecular weight excluding hydrogens is 316 g/mol. The van der Waals surface area contributed by atoms with Crippen molar-refractivity contribution < 1.29 is 4.79 Å². The SMILES string of the molecule is Cc1cc(SC(C(=O)N(C)C)c2ccccc2)nc2ccccc12. The van der Waals surface area contributed by atoms with E-state index < -0.39 is 0 Å². The van der Waals surface area contributed by atoms with Crippen LogP contribution in [0, 0.1) is 6.92 Å². The molecule has 3 rings (SSSR count). The Morgan fingerprint density at radius 3 is 2.42 bits per heavy atom. The van der Waals surface area contributed by atoms with Gasteiger partial charge in [-0.15, -0.1) is 0 Å². The van der Waals surface area contributed by atoms with E-state index in [2.05, 4.69) is 19.1 Å². The summed E-state index contributed by atoms with van der Waals surface area (Å²) in [6.45, 7) is 2.08. The molecule has 0 N–H and O–H groups in total. The highest BCUT2D eigenvalue weighted by atomic mass is 32.2. The molecule has 1 aromatic heterocycles. The maximum absolute atomic E-state index is 12.7. The van der Waals surface area contributed by atoms with Crippen molar-refractivity contribution in [3.63, 3.8) is 0 Å². The van der Waals surface area contributed by atoms with E-state index in [1.165, 1.54) is 17.3 Å². The van der Waals surface area contributed by atoms with Crippen LogP contribution in [0.5, 0.6) is 0 Å². The molecule has 0 saturated heterocycles. The monoisotopic (exact) mass is 336 g/mol. The second kappa shape index (κ2) is 7.05. The number of benzene rings is 2. The summed E-state index contributed by atoms with van der Waals surface area (Å²) in [5.41, 5.74) is 3.13. The van der Waals surface area contributed by atoms with Crippen LogP contribution in [0.3, 0.4) is 0 Å². The van der Waals surface area contributed by atoms with Crippen LogP contribution in [0.25, 0.3) is 10.9 Å². The summed E-state index contributed by atoms with van der Waals surface area (Å²) in [5.74, 6) is 0.0683. The molecule has 0 aliphatic rings. The number of fused-ring (bicyclic) bond motifs is 1. The molecule has 122 valence electrons. The average molecular weight is 336 g/mol. The van der Waals surface area contributed by atoms with E-state index in [1.807, 2.05) is 48.5 Å². The van der Waals surface area contributed by atoms with E-state index >= 15 is 0 Å². The van der Waals surface area contributed by atoms with Gasteiger partial charge in [-0.05, 0) is 30.2 Å². The lowest BCUT2D eigenvalue weighted by Gasteiger charge is -2.20. The standard InChI is InChI=1S/C20H20N2OS/c1-14-13-18(21-17-12-8-7-11-16(14)17)24-19(20(23)22(2)3)15-9-5-4-6-10-15/h4-13,19H,1-3H3. The number of hydrogen-bond donors (Lipinski definition) is 0. The lowest BCUT2D eigenvalue weighted by Crippen LogP contribution is -2.26. The van der Waals surface area contributed by atoms with Crippen molar-refractivity contribution in [3.05, 3.63) is 71.8 Å². The van der Waals surface area contributed by atoms with Gasteiger partial charge in [0.25, 0.3) is 0 Å². The van der Waals surface area contributed by atoms with Crippen LogP contribution in [0.4, 0.5) is 0 Å². The van der Waals surface area contributed by atoms with Crippen LogP contribution in [0.1, 0.15) is 16.4 Å². The number of amides is 1. The summed E-state index contributed by atoms with van der Waals surface area (Å²) < 4.78 is 0.